The molecular formula is C20H28N4. The summed E-state index contributed by atoms with van der Waals surface area (Å²) >= 11 is 0. The highest BCUT2D eigenvalue weighted by atomic mass is 15.3. The third-order valence-corrected chi connectivity index (χ3v) is 3.65. The van der Waals surface area contributed by atoms with Gasteiger partial charge in [0.2, 0.25) is 0 Å². The van der Waals surface area contributed by atoms with Gasteiger partial charge in [-0.05, 0) is 30.8 Å². The van der Waals surface area contributed by atoms with Crippen LogP contribution in [0.5, 0.6) is 0 Å². The molecule has 2 aromatic carbocycles. The zero-order valence-electron chi connectivity index (χ0n) is 15.2. The SMILES string of the molecule is CN(C)Cc1ccc(CNC(=NCc2ccccc2)N(C)C)cc1. The minimum atomic E-state index is 0.684. The smallest absolute Gasteiger partial charge is 0.194 e. The van der Waals surface area contributed by atoms with E-state index in [9.17, 15) is 0 Å². The minimum absolute atomic E-state index is 0.684. The van der Waals surface area contributed by atoms with Crippen LogP contribution in [0.4, 0.5) is 0 Å². The Bertz CT molecular complexity index is 630. The van der Waals surface area contributed by atoms with Crippen LogP contribution in [0.3, 0.4) is 0 Å². The molecule has 0 saturated heterocycles. The predicted molar refractivity (Wildman–Crippen MR) is 102 cm³/mol. The van der Waals surface area contributed by atoms with Crippen LogP contribution in [0.15, 0.2) is 59.6 Å². The molecule has 0 saturated carbocycles. The van der Waals surface area contributed by atoms with Gasteiger partial charge in [-0.2, -0.15) is 0 Å². The molecule has 128 valence electrons. The largest absolute Gasteiger partial charge is 0.352 e. The Morgan fingerprint density at radius 2 is 1.46 bits per heavy atom. The lowest BCUT2D eigenvalue weighted by Crippen LogP contribution is -2.36. The fraction of sp³-hybridized carbons (Fsp3) is 0.350. The van der Waals surface area contributed by atoms with Crippen LogP contribution in [-0.2, 0) is 19.6 Å². The molecule has 1 N–H and O–H groups in total. The van der Waals surface area contributed by atoms with E-state index in [2.05, 4.69) is 60.7 Å². The molecule has 0 spiro atoms. The first-order valence-corrected chi connectivity index (χ1v) is 8.26. The van der Waals surface area contributed by atoms with E-state index in [1.165, 1.54) is 16.7 Å². The van der Waals surface area contributed by atoms with E-state index < -0.39 is 0 Å². The highest BCUT2D eigenvalue weighted by Gasteiger charge is 2.02. The van der Waals surface area contributed by atoms with Gasteiger partial charge < -0.3 is 15.1 Å². The van der Waals surface area contributed by atoms with Crippen LogP contribution in [0, 0.1) is 0 Å². The molecule has 0 heterocycles. The monoisotopic (exact) mass is 324 g/mol. The lowest BCUT2D eigenvalue weighted by molar-refractivity contribution is 0.402. The molecule has 0 amide bonds. The standard InChI is InChI=1S/C20H28N4/c1-23(2)16-19-12-10-18(11-13-19)15-22-20(24(3)4)21-14-17-8-6-5-7-9-17/h5-13H,14-16H2,1-4H3,(H,21,22). The average molecular weight is 324 g/mol. The fourth-order valence-electron chi connectivity index (χ4n) is 2.41. The second kappa shape index (κ2) is 9.08. The molecule has 2 rings (SSSR count). The number of rotatable bonds is 6. The van der Waals surface area contributed by atoms with Crippen LogP contribution in [-0.4, -0.2) is 44.0 Å². The second-order valence-electron chi connectivity index (χ2n) is 6.43. The van der Waals surface area contributed by atoms with E-state index in [1.54, 1.807) is 0 Å². The summed E-state index contributed by atoms with van der Waals surface area (Å²) in [6, 6.07) is 19.0. The Kier molecular flexibility index (Phi) is 6.82. The molecule has 4 nitrogen and oxygen atoms in total. The van der Waals surface area contributed by atoms with Crippen molar-refractivity contribution in [3.05, 3.63) is 71.3 Å². The van der Waals surface area contributed by atoms with E-state index in [-0.39, 0.29) is 0 Å². The zero-order valence-corrected chi connectivity index (χ0v) is 15.2. The molecule has 2 aromatic rings. The van der Waals surface area contributed by atoms with Crippen LogP contribution < -0.4 is 5.32 Å². The summed E-state index contributed by atoms with van der Waals surface area (Å²) in [5.41, 5.74) is 3.80. The summed E-state index contributed by atoms with van der Waals surface area (Å²) in [7, 11) is 8.19. The van der Waals surface area contributed by atoms with Gasteiger partial charge in [-0.25, -0.2) is 4.99 Å². The van der Waals surface area contributed by atoms with Crippen molar-refractivity contribution in [1.82, 2.24) is 15.1 Å². The molecule has 0 aromatic heterocycles. The third-order valence-electron chi connectivity index (χ3n) is 3.65. The van der Waals surface area contributed by atoms with Gasteiger partial charge in [-0.15, -0.1) is 0 Å². The number of guanidine groups is 1. The lowest BCUT2D eigenvalue weighted by Gasteiger charge is -2.18. The maximum atomic E-state index is 4.69. The van der Waals surface area contributed by atoms with Crippen LogP contribution in [0.2, 0.25) is 0 Å². The summed E-state index contributed by atoms with van der Waals surface area (Å²) in [5, 5.41) is 3.43. The molecule has 0 aliphatic rings. The van der Waals surface area contributed by atoms with Crippen molar-refractivity contribution < 1.29 is 0 Å². The zero-order chi connectivity index (χ0) is 17.4. The molecule has 0 fully saturated rings. The second-order valence-corrected chi connectivity index (χ2v) is 6.43. The Hall–Kier alpha value is -2.33. The van der Waals surface area contributed by atoms with Crippen molar-refractivity contribution >= 4 is 5.96 Å². The van der Waals surface area contributed by atoms with Crippen LogP contribution >= 0.6 is 0 Å². The van der Waals surface area contributed by atoms with E-state index >= 15 is 0 Å². The molecule has 4 heteroatoms. The molecular weight excluding hydrogens is 296 g/mol. The van der Waals surface area contributed by atoms with E-state index in [4.69, 9.17) is 4.99 Å². The van der Waals surface area contributed by atoms with Crippen LogP contribution in [0.1, 0.15) is 16.7 Å². The number of benzene rings is 2. The topological polar surface area (TPSA) is 30.9 Å². The van der Waals surface area contributed by atoms with Gasteiger partial charge in [-0.3, -0.25) is 0 Å². The van der Waals surface area contributed by atoms with Crippen molar-refractivity contribution in [2.45, 2.75) is 19.6 Å². The summed E-state index contributed by atoms with van der Waals surface area (Å²) < 4.78 is 0. The first-order valence-electron chi connectivity index (χ1n) is 8.26. The van der Waals surface area contributed by atoms with Crippen molar-refractivity contribution in [1.29, 1.82) is 0 Å². The van der Waals surface area contributed by atoms with Gasteiger partial charge in [0, 0.05) is 27.2 Å². The van der Waals surface area contributed by atoms with Crippen LogP contribution in [0.25, 0.3) is 0 Å². The summed E-state index contributed by atoms with van der Waals surface area (Å²) in [5.74, 6) is 0.899. The highest BCUT2D eigenvalue weighted by molar-refractivity contribution is 5.79. The lowest BCUT2D eigenvalue weighted by atomic mass is 10.1. The maximum absolute atomic E-state index is 4.69. The number of hydrogen-bond acceptors (Lipinski definition) is 2. The molecule has 24 heavy (non-hydrogen) atoms. The Morgan fingerprint density at radius 3 is 2.04 bits per heavy atom. The van der Waals surface area contributed by atoms with Gasteiger partial charge in [0.1, 0.15) is 0 Å². The molecule has 0 unspecified atom stereocenters. The van der Waals surface area contributed by atoms with Gasteiger partial charge in [0.05, 0.1) is 6.54 Å². The highest BCUT2D eigenvalue weighted by Crippen LogP contribution is 2.06. The molecule has 0 radical (unpaired) electrons. The molecule has 0 aliphatic heterocycles. The number of aliphatic imine (C=N–C) groups is 1. The van der Waals surface area contributed by atoms with Crippen molar-refractivity contribution in [3.63, 3.8) is 0 Å². The van der Waals surface area contributed by atoms with Crippen molar-refractivity contribution in [2.75, 3.05) is 28.2 Å². The summed E-state index contributed by atoms with van der Waals surface area (Å²) in [6.07, 6.45) is 0. The Balaban J connectivity index is 1.93. The molecule has 0 bridgehead atoms. The Morgan fingerprint density at radius 1 is 0.833 bits per heavy atom. The number of nitrogens with one attached hydrogen (secondary N) is 1. The number of nitrogens with zero attached hydrogens (tertiary/aromatic N) is 3. The third kappa shape index (κ3) is 6.05. The quantitative estimate of drug-likeness (QED) is 0.655. The summed E-state index contributed by atoms with van der Waals surface area (Å²) in [4.78, 5) is 8.88. The predicted octanol–water partition coefficient (Wildman–Crippen LogP) is 2.96. The fourth-order valence-corrected chi connectivity index (χ4v) is 2.41. The maximum Gasteiger partial charge on any atom is 0.194 e. The van der Waals surface area contributed by atoms with Crippen molar-refractivity contribution in [2.24, 2.45) is 4.99 Å². The van der Waals surface area contributed by atoms with Crippen molar-refractivity contribution in [3.8, 4) is 0 Å². The van der Waals surface area contributed by atoms with Gasteiger partial charge >= 0.3 is 0 Å². The minimum Gasteiger partial charge on any atom is -0.352 e. The number of hydrogen-bond donors (Lipinski definition) is 1. The first-order chi connectivity index (χ1) is 11.5. The van der Waals surface area contributed by atoms with E-state index in [1.807, 2.05) is 37.2 Å². The molecule has 0 aliphatic carbocycles. The molecule has 0 atom stereocenters. The summed E-state index contributed by atoms with van der Waals surface area (Å²) in [6.45, 7) is 2.42. The Labute approximate surface area is 145 Å². The van der Waals surface area contributed by atoms with E-state index in [0.717, 1.165) is 19.0 Å². The average Bonchev–Trinajstić information content (AvgIpc) is 2.56. The van der Waals surface area contributed by atoms with E-state index in [0.29, 0.717) is 6.54 Å². The first kappa shape index (κ1) is 18.0. The normalized spacial score (nSPS) is 11.6. The van der Waals surface area contributed by atoms with Gasteiger partial charge in [0.15, 0.2) is 5.96 Å². The van der Waals surface area contributed by atoms with Gasteiger partial charge in [0.25, 0.3) is 0 Å². The van der Waals surface area contributed by atoms with Gasteiger partial charge in [-0.1, -0.05) is 54.6 Å².